The molecule has 1 aromatic rings. The first-order valence-electron chi connectivity index (χ1n) is 9.93. The zero-order chi connectivity index (χ0) is 19.3. The molecule has 0 aromatic carbocycles. The van der Waals surface area contributed by atoms with Crippen molar-refractivity contribution < 1.29 is 9.15 Å². The Morgan fingerprint density at radius 2 is 2.04 bits per heavy atom. The van der Waals surface area contributed by atoms with E-state index in [4.69, 9.17) is 9.15 Å². The van der Waals surface area contributed by atoms with Gasteiger partial charge in [0.1, 0.15) is 0 Å². The Kier molecular flexibility index (Phi) is 7.42. The largest absolute Gasteiger partial charge is 0.425 e. The van der Waals surface area contributed by atoms with Crippen molar-refractivity contribution >= 4 is 0 Å². The molecular formula is C21H37N3O2. The van der Waals surface area contributed by atoms with Crippen LogP contribution in [0.2, 0.25) is 0 Å². The molecule has 1 N–H and O–H groups in total. The van der Waals surface area contributed by atoms with Gasteiger partial charge in [-0.25, -0.2) is 0 Å². The van der Waals surface area contributed by atoms with Crippen LogP contribution in [0, 0.1) is 23.7 Å². The number of ether oxygens (including phenoxy) is 1. The maximum Gasteiger partial charge on any atom is 0.221 e. The van der Waals surface area contributed by atoms with E-state index in [2.05, 4.69) is 63.1 Å². The van der Waals surface area contributed by atoms with E-state index in [1.165, 1.54) is 12.0 Å². The van der Waals surface area contributed by atoms with Crippen LogP contribution in [0.1, 0.15) is 59.7 Å². The topological polar surface area (TPSA) is 60.2 Å². The van der Waals surface area contributed by atoms with Crippen molar-refractivity contribution in [3.63, 3.8) is 0 Å². The number of methoxy groups -OCH3 is 1. The summed E-state index contributed by atoms with van der Waals surface area (Å²) in [6, 6.07) is 0. The number of allylic oxidation sites excluding steroid dienone is 1. The minimum absolute atomic E-state index is 0.0951. The van der Waals surface area contributed by atoms with Gasteiger partial charge in [-0.05, 0) is 37.0 Å². The molecule has 0 saturated carbocycles. The van der Waals surface area contributed by atoms with Gasteiger partial charge in [-0.1, -0.05) is 46.3 Å². The molecule has 26 heavy (non-hydrogen) atoms. The fourth-order valence-corrected chi connectivity index (χ4v) is 3.80. The molecule has 2 rings (SSSR count). The van der Waals surface area contributed by atoms with Crippen molar-refractivity contribution in [1.82, 2.24) is 15.5 Å². The average Bonchev–Trinajstić information content (AvgIpc) is 3.02. The molecule has 0 saturated heterocycles. The van der Waals surface area contributed by atoms with Crippen molar-refractivity contribution in [1.29, 1.82) is 0 Å². The molecule has 0 amide bonds. The fourth-order valence-electron chi connectivity index (χ4n) is 3.80. The number of nitrogens with zero attached hydrogens (tertiary/aromatic N) is 2. The summed E-state index contributed by atoms with van der Waals surface area (Å²) < 4.78 is 11.1. The number of hydrogen-bond acceptors (Lipinski definition) is 5. The Balaban J connectivity index is 2.05. The van der Waals surface area contributed by atoms with Crippen LogP contribution in [0.5, 0.6) is 0 Å². The van der Waals surface area contributed by atoms with Crippen molar-refractivity contribution in [2.24, 2.45) is 23.7 Å². The number of aromatic nitrogens is 2. The van der Waals surface area contributed by atoms with Crippen molar-refractivity contribution in [2.45, 2.75) is 59.8 Å². The molecule has 0 aliphatic heterocycles. The van der Waals surface area contributed by atoms with Gasteiger partial charge in [0.2, 0.25) is 11.8 Å². The Bertz CT molecular complexity index is 586. The van der Waals surface area contributed by atoms with E-state index in [0.29, 0.717) is 23.7 Å². The second-order valence-electron chi connectivity index (χ2n) is 9.07. The Hall–Kier alpha value is -1.20. The number of hydrogen-bond donors (Lipinski definition) is 1. The summed E-state index contributed by atoms with van der Waals surface area (Å²) in [6.07, 6.45) is 4.50. The first-order chi connectivity index (χ1) is 12.2. The van der Waals surface area contributed by atoms with Crippen LogP contribution in [-0.2, 0) is 16.6 Å². The van der Waals surface area contributed by atoms with Crippen LogP contribution in [0.15, 0.2) is 16.1 Å². The zero-order valence-electron chi connectivity index (χ0n) is 17.6. The maximum absolute atomic E-state index is 5.94. The molecule has 0 unspecified atom stereocenters. The van der Waals surface area contributed by atoms with Gasteiger partial charge >= 0.3 is 0 Å². The van der Waals surface area contributed by atoms with Gasteiger partial charge in [0.05, 0.1) is 6.61 Å². The molecule has 3 atom stereocenters. The third-order valence-electron chi connectivity index (χ3n) is 5.48. The van der Waals surface area contributed by atoms with Gasteiger partial charge in [0.15, 0.2) is 0 Å². The third-order valence-corrected chi connectivity index (χ3v) is 5.48. The van der Waals surface area contributed by atoms with Crippen LogP contribution in [0.3, 0.4) is 0 Å². The first-order valence-corrected chi connectivity index (χ1v) is 9.93. The molecular weight excluding hydrogens is 326 g/mol. The summed E-state index contributed by atoms with van der Waals surface area (Å²) in [5, 5.41) is 12.1. The molecule has 1 aliphatic rings. The maximum atomic E-state index is 5.94. The van der Waals surface area contributed by atoms with E-state index in [0.717, 1.165) is 37.9 Å². The molecule has 0 fully saturated rings. The molecule has 0 spiro atoms. The zero-order valence-corrected chi connectivity index (χ0v) is 17.6. The summed E-state index contributed by atoms with van der Waals surface area (Å²) >= 11 is 0. The van der Waals surface area contributed by atoms with Gasteiger partial charge in [-0.3, -0.25) is 0 Å². The Labute approximate surface area is 159 Å². The van der Waals surface area contributed by atoms with Gasteiger partial charge in [-0.2, -0.15) is 0 Å². The molecule has 148 valence electrons. The first kappa shape index (κ1) is 21.1. The van der Waals surface area contributed by atoms with Gasteiger partial charge in [0, 0.05) is 32.0 Å². The number of rotatable bonds is 8. The van der Waals surface area contributed by atoms with E-state index < -0.39 is 0 Å². The minimum Gasteiger partial charge on any atom is -0.425 e. The van der Waals surface area contributed by atoms with E-state index in [-0.39, 0.29) is 5.41 Å². The Morgan fingerprint density at radius 3 is 2.62 bits per heavy atom. The second-order valence-corrected chi connectivity index (χ2v) is 9.07. The van der Waals surface area contributed by atoms with E-state index in [9.17, 15) is 0 Å². The number of nitrogens with one attached hydrogen (secondary N) is 1. The van der Waals surface area contributed by atoms with Gasteiger partial charge < -0.3 is 14.5 Å². The van der Waals surface area contributed by atoms with E-state index in [1.807, 2.05) is 0 Å². The molecule has 5 heteroatoms. The standard InChI is InChI=1S/C21H37N3O2/c1-14(2)18-11-16(12-19-23-24-20(26-19)21(4,5)6)15(3)10-17(18)13-22-8-9-25-7/h10,14,16-18,22H,8-9,11-13H2,1-7H3/t16-,17-,18-/m0/s1. The summed E-state index contributed by atoms with van der Waals surface area (Å²) in [5.74, 6) is 3.90. The van der Waals surface area contributed by atoms with Crippen molar-refractivity contribution in [2.75, 3.05) is 26.8 Å². The lowest BCUT2D eigenvalue weighted by atomic mass is 9.70. The lowest BCUT2D eigenvalue weighted by molar-refractivity contribution is 0.187. The predicted octanol–water partition coefficient (Wildman–Crippen LogP) is 4.00. The fraction of sp³-hybridized carbons (Fsp3) is 0.810. The summed E-state index contributed by atoms with van der Waals surface area (Å²) in [4.78, 5) is 0. The summed E-state index contributed by atoms with van der Waals surface area (Å²) in [5.41, 5.74) is 1.36. The van der Waals surface area contributed by atoms with Gasteiger partial charge in [0.25, 0.3) is 0 Å². The monoisotopic (exact) mass is 363 g/mol. The van der Waals surface area contributed by atoms with Crippen LogP contribution in [0.4, 0.5) is 0 Å². The quantitative estimate of drug-likeness (QED) is 0.559. The second kappa shape index (κ2) is 9.14. The highest BCUT2D eigenvalue weighted by molar-refractivity contribution is 5.14. The minimum atomic E-state index is -0.0951. The normalized spacial score (nSPS) is 24.2. The van der Waals surface area contributed by atoms with E-state index >= 15 is 0 Å². The third kappa shape index (κ3) is 5.65. The van der Waals surface area contributed by atoms with Crippen LogP contribution < -0.4 is 5.32 Å². The van der Waals surface area contributed by atoms with Crippen LogP contribution in [0.25, 0.3) is 0 Å². The highest BCUT2D eigenvalue weighted by atomic mass is 16.5. The highest BCUT2D eigenvalue weighted by Crippen LogP contribution is 2.38. The summed E-state index contributed by atoms with van der Waals surface area (Å²) in [7, 11) is 1.75. The van der Waals surface area contributed by atoms with Crippen LogP contribution in [-0.4, -0.2) is 37.0 Å². The molecule has 0 radical (unpaired) electrons. The van der Waals surface area contributed by atoms with Crippen molar-refractivity contribution in [3.05, 3.63) is 23.4 Å². The Morgan fingerprint density at radius 1 is 1.31 bits per heavy atom. The van der Waals surface area contributed by atoms with E-state index in [1.54, 1.807) is 7.11 Å². The lowest BCUT2D eigenvalue weighted by Crippen LogP contribution is -2.35. The summed E-state index contributed by atoms with van der Waals surface area (Å²) in [6.45, 7) is 15.9. The molecule has 5 nitrogen and oxygen atoms in total. The average molecular weight is 364 g/mol. The molecule has 1 aliphatic carbocycles. The smallest absolute Gasteiger partial charge is 0.221 e. The van der Waals surface area contributed by atoms with Gasteiger partial charge in [-0.15, -0.1) is 10.2 Å². The lowest BCUT2D eigenvalue weighted by Gasteiger charge is -2.37. The molecule has 0 bridgehead atoms. The predicted molar refractivity (Wildman–Crippen MR) is 105 cm³/mol. The molecule has 1 aromatic heterocycles. The van der Waals surface area contributed by atoms with Crippen LogP contribution >= 0.6 is 0 Å². The highest BCUT2D eigenvalue weighted by Gasteiger charge is 2.32. The van der Waals surface area contributed by atoms with Crippen molar-refractivity contribution in [3.8, 4) is 0 Å². The molecule has 1 heterocycles. The SMILES string of the molecule is COCCNC[C@@H]1C=C(C)[C@H](Cc2nnc(C(C)(C)C)o2)C[C@H]1C(C)C.